The normalized spacial score (nSPS) is 24.9. The van der Waals surface area contributed by atoms with Crippen LogP contribution in [0.2, 0.25) is 0 Å². The van der Waals surface area contributed by atoms with E-state index in [1.165, 1.54) is 0 Å². The molecule has 18 heavy (non-hydrogen) atoms. The van der Waals surface area contributed by atoms with Crippen molar-refractivity contribution in [3.05, 3.63) is 0 Å². The van der Waals surface area contributed by atoms with E-state index in [2.05, 4.69) is 5.32 Å². The van der Waals surface area contributed by atoms with Crippen LogP contribution in [0.4, 0.5) is 4.79 Å². The highest BCUT2D eigenvalue weighted by Gasteiger charge is 2.30. The fraction of sp³-hybridized carbons (Fsp3) is 0.750. The second-order valence-electron chi connectivity index (χ2n) is 4.84. The lowest BCUT2D eigenvalue weighted by Crippen LogP contribution is -2.46. The maximum atomic E-state index is 12.2. The molecule has 0 aromatic carbocycles. The van der Waals surface area contributed by atoms with Gasteiger partial charge in [0.15, 0.2) is 5.78 Å². The van der Waals surface area contributed by atoms with Crippen LogP contribution in [0.3, 0.4) is 0 Å². The first-order valence-corrected chi connectivity index (χ1v) is 6.48. The molecule has 0 aromatic heterocycles. The molecular formula is C12H19N3O3. The molecule has 0 bridgehead atoms. The van der Waals surface area contributed by atoms with Crippen molar-refractivity contribution in [3.63, 3.8) is 0 Å². The molecule has 2 fully saturated rings. The molecule has 6 heteroatoms. The van der Waals surface area contributed by atoms with E-state index in [1.54, 1.807) is 9.80 Å². The zero-order valence-electron chi connectivity index (χ0n) is 10.4. The minimum atomic E-state index is -0.432. The van der Waals surface area contributed by atoms with E-state index >= 15 is 0 Å². The number of carbonyl (C=O) groups is 3. The number of hydrogen-bond acceptors (Lipinski definition) is 3. The average Bonchev–Trinajstić information content (AvgIpc) is 2.83. The summed E-state index contributed by atoms with van der Waals surface area (Å²) < 4.78 is 0. The van der Waals surface area contributed by atoms with Crippen LogP contribution >= 0.6 is 0 Å². The van der Waals surface area contributed by atoms with Gasteiger partial charge in [-0.3, -0.25) is 9.59 Å². The lowest BCUT2D eigenvalue weighted by molar-refractivity contribution is -0.123. The average molecular weight is 253 g/mol. The molecule has 6 nitrogen and oxygen atoms in total. The summed E-state index contributed by atoms with van der Waals surface area (Å²) in [6, 6.07) is -0.466. The molecule has 100 valence electrons. The molecule has 1 atom stereocenters. The number of Topliss-reactive ketones (excluding diaryl/α,β-unsaturated/α-hetero) is 1. The van der Waals surface area contributed by atoms with Gasteiger partial charge in [-0.25, -0.2) is 4.79 Å². The van der Waals surface area contributed by atoms with Crippen molar-refractivity contribution < 1.29 is 14.4 Å². The van der Waals surface area contributed by atoms with Crippen molar-refractivity contribution in [2.45, 2.75) is 31.7 Å². The molecule has 2 heterocycles. The summed E-state index contributed by atoms with van der Waals surface area (Å²) in [5.74, 6) is -0.0767. The first-order valence-electron chi connectivity index (χ1n) is 6.48. The Bertz CT molecular complexity index is 339. The van der Waals surface area contributed by atoms with Crippen LogP contribution in [0.1, 0.15) is 25.7 Å². The van der Waals surface area contributed by atoms with Gasteiger partial charge >= 0.3 is 6.03 Å². The van der Waals surface area contributed by atoms with Crippen LogP contribution in [0.25, 0.3) is 0 Å². The van der Waals surface area contributed by atoms with Crippen LogP contribution in [-0.4, -0.2) is 60.2 Å². The van der Waals surface area contributed by atoms with Crippen molar-refractivity contribution in [1.82, 2.24) is 15.1 Å². The van der Waals surface area contributed by atoms with Crippen molar-refractivity contribution in [2.75, 3.05) is 26.2 Å². The van der Waals surface area contributed by atoms with E-state index in [0.29, 0.717) is 19.4 Å². The molecule has 1 unspecified atom stereocenters. The molecule has 0 aliphatic carbocycles. The van der Waals surface area contributed by atoms with Crippen LogP contribution < -0.4 is 5.32 Å². The smallest absolute Gasteiger partial charge is 0.320 e. The van der Waals surface area contributed by atoms with Gasteiger partial charge in [0.05, 0.1) is 12.6 Å². The Morgan fingerprint density at radius 3 is 2.50 bits per heavy atom. The van der Waals surface area contributed by atoms with E-state index in [-0.39, 0.29) is 18.4 Å². The van der Waals surface area contributed by atoms with Gasteiger partial charge in [0, 0.05) is 19.6 Å². The molecule has 0 saturated carbocycles. The van der Waals surface area contributed by atoms with Gasteiger partial charge in [0.1, 0.15) is 0 Å². The van der Waals surface area contributed by atoms with E-state index in [4.69, 9.17) is 0 Å². The summed E-state index contributed by atoms with van der Waals surface area (Å²) in [4.78, 5) is 37.9. The summed E-state index contributed by atoms with van der Waals surface area (Å²) in [5.41, 5.74) is 0. The second-order valence-corrected chi connectivity index (χ2v) is 4.84. The standard InChI is InChI=1S/C12H19N3O3/c16-9-13-10-4-3-7-15(8-11(10)17)12(18)14-5-1-2-6-14/h9-10H,1-8H2,(H,13,16). The zero-order valence-corrected chi connectivity index (χ0v) is 10.4. The monoisotopic (exact) mass is 253 g/mol. The fourth-order valence-corrected chi connectivity index (χ4v) is 2.55. The third-order valence-corrected chi connectivity index (χ3v) is 3.57. The Balaban J connectivity index is 1.95. The Kier molecular flexibility index (Phi) is 4.17. The summed E-state index contributed by atoms with van der Waals surface area (Å²) in [7, 11) is 0. The number of carbonyl (C=O) groups excluding carboxylic acids is 3. The third-order valence-electron chi connectivity index (χ3n) is 3.57. The van der Waals surface area contributed by atoms with Crippen molar-refractivity contribution in [3.8, 4) is 0 Å². The van der Waals surface area contributed by atoms with Gasteiger partial charge in [-0.15, -0.1) is 0 Å². The van der Waals surface area contributed by atoms with Gasteiger partial charge in [-0.1, -0.05) is 0 Å². The summed E-state index contributed by atoms with van der Waals surface area (Å²) >= 11 is 0. The Morgan fingerprint density at radius 1 is 1.17 bits per heavy atom. The molecule has 0 spiro atoms. The quantitative estimate of drug-likeness (QED) is 0.703. The Morgan fingerprint density at radius 2 is 1.83 bits per heavy atom. The highest BCUT2D eigenvalue weighted by molar-refractivity contribution is 5.90. The highest BCUT2D eigenvalue weighted by Crippen LogP contribution is 2.14. The fourth-order valence-electron chi connectivity index (χ4n) is 2.55. The van der Waals surface area contributed by atoms with Crippen molar-refractivity contribution in [2.24, 2.45) is 0 Å². The lowest BCUT2D eigenvalue weighted by Gasteiger charge is -2.26. The minimum Gasteiger partial charge on any atom is -0.349 e. The lowest BCUT2D eigenvalue weighted by atomic mass is 10.1. The van der Waals surface area contributed by atoms with E-state index in [9.17, 15) is 14.4 Å². The highest BCUT2D eigenvalue weighted by atomic mass is 16.2. The number of rotatable bonds is 2. The molecule has 1 N–H and O–H groups in total. The van der Waals surface area contributed by atoms with Gasteiger partial charge in [0.2, 0.25) is 6.41 Å². The molecule has 2 saturated heterocycles. The maximum Gasteiger partial charge on any atom is 0.320 e. The number of amides is 3. The van der Waals surface area contributed by atoms with E-state index in [1.807, 2.05) is 0 Å². The van der Waals surface area contributed by atoms with Gasteiger partial charge in [-0.05, 0) is 25.7 Å². The number of ketones is 1. The molecule has 3 amide bonds. The Hall–Kier alpha value is -1.59. The first kappa shape index (κ1) is 12.9. The van der Waals surface area contributed by atoms with E-state index in [0.717, 1.165) is 32.4 Å². The largest absolute Gasteiger partial charge is 0.349 e. The molecule has 2 aliphatic rings. The van der Waals surface area contributed by atoms with Crippen LogP contribution in [0, 0.1) is 0 Å². The molecule has 2 rings (SSSR count). The number of hydrogen-bond donors (Lipinski definition) is 1. The topological polar surface area (TPSA) is 69.7 Å². The van der Waals surface area contributed by atoms with E-state index < -0.39 is 6.04 Å². The van der Waals surface area contributed by atoms with Gasteiger partial charge in [0.25, 0.3) is 0 Å². The number of nitrogens with zero attached hydrogens (tertiary/aromatic N) is 2. The predicted molar refractivity (Wildman–Crippen MR) is 65.0 cm³/mol. The van der Waals surface area contributed by atoms with Crippen LogP contribution in [0.15, 0.2) is 0 Å². The third kappa shape index (κ3) is 2.80. The summed E-state index contributed by atoms with van der Waals surface area (Å²) in [5, 5.41) is 2.52. The summed E-state index contributed by atoms with van der Waals surface area (Å²) in [6.45, 7) is 2.29. The molecule has 2 aliphatic heterocycles. The van der Waals surface area contributed by atoms with Gasteiger partial charge in [-0.2, -0.15) is 0 Å². The number of nitrogens with one attached hydrogen (secondary N) is 1. The molecule has 0 radical (unpaired) electrons. The summed E-state index contributed by atoms with van der Waals surface area (Å²) in [6.07, 6.45) is 4.00. The molecule has 0 aromatic rings. The van der Waals surface area contributed by atoms with Crippen LogP contribution in [0.5, 0.6) is 0 Å². The Labute approximate surface area is 106 Å². The van der Waals surface area contributed by atoms with Crippen molar-refractivity contribution in [1.29, 1.82) is 0 Å². The maximum absolute atomic E-state index is 12.2. The SMILES string of the molecule is O=CNC1CCCN(C(=O)N2CCCC2)CC1=O. The molecular weight excluding hydrogens is 234 g/mol. The minimum absolute atomic E-state index is 0.0346. The van der Waals surface area contributed by atoms with Crippen LogP contribution in [-0.2, 0) is 9.59 Å². The number of urea groups is 1. The number of likely N-dealkylation sites (tertiary alicyclic amines) is 2. The van der Waals surface area contributed by atoms with Gasteiger partial charge < -0.3 is 15.1 Å². The zero-order chi connectivity index (χ0) is 13.0. The first-order chi connectivity index (χ1) is 8.72. The predicted octanol–water partition coefficient (Wildman–Crippen LogP) is -0.0183. The van der Waals surface area contributed by atoms with Crippen molar-refractivity contribution >= 4 is 18.2 Å². The second kappa shape index (κ2) is 5.84.